The third-order valence-electron chi connectivity index (χ3n) is 1.65. The predicted octanol–water partition coefficient (Wildman–Crippen LogP) is 0.178. The molecule has 0 aromatic rings. The molecule has 72 valence electrons. The van der Waals surface area contributed by atoms with Crippen LogP contribution in [0.5, 0.6) is 0 Å². The first kappa shape index (κ1) is 11.4. The molecule has 0 radical (unpaired) electrons. The minimum atomic E-state index is -0.720. The molecule has 4 N–H and O–H groups in total. The van der Waals surface area contributed by atoms with Gasteiger partial charge in [0.1, 0.15) is 6.04 Å². The van der Waals surface area contributed by atoms with Crippen molar-refractivity contribution in [1.82, 2.24) is 5.32 Å². The second-order valence-electron chi connectivity index (χ2n) is 2.78. The van der Waals surface area contributed by atoms with Gasteiger partial charge in [-0.3, -0.25) is 4.79 Å². The first-order valence-electron chi connectivity index (χ1n) is 4.38. The van der Waals surface area contributed by atoms with Crippen molar-refractivity contribution in [3.63, 3.8) is 0 Å². The first-order valence-corrected chi connectivity index (χ1v) is 4.38. The summed E-state index contributed by atoms with van der Waals surface area (Å²) in [5.41, 5.74) is 5.03. The Labute approximate surface area is 73.1 Å². The molecule has 0 bridgehead atoms. The normalized spacial score (nSPS) is 21.3. The van der Waals surface area contributed by atoms with Crippen LogP contribution in [0.1, 0.15) is 26.2 Å². The van der Waals surface area contributed by atoms with Crippen molar-refractivity contribution >= 4 is 5.97 Å². The maximum atomic E-state index is 10.1. The Morgan fingerprint density at radius 3 is 2.50 bits per heavy atom. The van der Waals surface area contributed by atoms with Gasteiger partial charge in [0.15, 0.2) is 0 Å². The average molecular weight is 174 g/mol. The van der Waals surface area contributed by atoms with Crippen LogP contribution < -0.4 is 11.1 Å². The molecule has 1 fully saturated rings. The maximum absolute atomic E-state index is 10.1. The smallest absolute Gasteiger partial charge is 0.320 e. The van der Waals surface area contributed by atoms with Crippen LogP contribution in [0.25, 0.3) is 0 Å². The molecule has 0 aromatic heterocycles. The van der Waals surface area contributed by atoms with E-state index in [-0.39, 0.29) is 6.04 Å². The number of carbonyl (C=O) groups is 1. The molecule has 0 unspecified atom stereocenters. The highest BCUT2D eigenvalue weighted by atomic mass is 16.4. The average Bonchev–Trinajstić information content (AvgIpc) is 2.57. The maximum Gasteiger partial charge on any atom is 0.320 e. The third kappa shape index (κ3) is 5.09. The lowest BCUT2D eigenvalue weighted by Gasteiger charge is -1.99. The van der Waals surface area contributed by atoms with Crippen molar-refractivity contribution in [2.45, 2.75) is 32.2 Å². The summed E-state index contributed by atoms with van der Waals surface area (Å²) in [5.74, 6) is -0.720. The van der Waals surface area contributed by atoms with Crippen LogP contribution in [-0.2, 0) is 4.79 Å². The fraction of sp³-hybridized carbons (Fsp3) is 0.875. The van der Waals surface area contributed by atoms with E-state index < -0.39 is 5.97 Å². The lowest BCUT2D eigenvalue weighted by Crippen LogP contribution is -2.29. The van der Waals surface area contributed by atoms with Gasteiger partial charge in [-0.1, -0.05) is 6.92 Å². The van der Waals surface area contributed by atoms with Crippen LogP contribution in [0.4, 0.5) is 0 Å². The van der Waals surface area contributed by atoms with E-state index in [0.29, 0.717) is 0 Å². The Morgan fingerprint density at radius 1 is 1.75 bits per heavy atom. The lowest BCUT2D eigenvalue weighted by molar-refractivity contribution is -0.139. The molecule has 0 aliphatic carbocycles. The van der Waals surface area contributed by atoms with Gasteiger partial charge in [0.25, 0.3) is 0 Å². The molecule has 0 spiro atoms. The molecule has 1 aliphatic heterocycles. The van der Waals surface area contributed by atoms with Gasteiger partial charge >= 0.3 is 5.97 Å². The number of aliphatic carboxylic acids is 1. The van der Waals surface area contributed by atoms with E-state index in [4.69, 9.17) is 10.8 Å². The Kier molecular flexibility index (Phi) is 6.70. The summed E-state index contributed by atoms with van der Waals surface area (Å²) < 4.78 is 0. The monoisotopic (exact) mass is 174 g/mol. The summed E-state index contributed by atoms with van der Waals surface area (Å²) >= 11 is 0. The molecular formula is C8H18N2O2. The second kappa shape index (κ2) is 7.06. The Morgan fingerprint density at radius 2 is 2.33 bits per heavy atom. The molecular weight excluding hydrogens is 156 g/mol. The molecule has 1 saturated heterocycles. The molecule has 1 atom stereocenters. The minimum absolute atomic E-state index is 0.269. The molecule has 0 saturated carbocycles. The van der Waals surface area contributed by atoms with E-state index in [1.54, 1.807) is 0 Å². The minimum Gasteiger partial charge on any atom is -0.480 e. The largest absolute Gasteiger partial charge is 0.480 e. The molecule has 0 amide bonds. The summed E-state index contributed by atoms with van der Waals surface area (Å²) in [6.07, 6.45) is 2.88. The van der Waals surface area contributed by atoms with Crippen LogP contribution in [0, 0.1) is 0 Å². The van der Waals surface area contributed by atoms with Crippen molar-refractivity contribution in [1.29, 1.82) is 0 Å². The van der Waals surface area contributed by atoms with E-state index in [1.165, 1.54) is 0 Å². The van der Waals surface area contributed by atoms with Crippen molar-refractivity contribution in [3.8, 4) is 0 Å². The molecule has 1 heterocycles. The van der Waals surface area contributed by atoms with Crippen LogP contribution in [0.2, 0.25) is 0 Å². The summed E-state index contributed by atoms with van der Waals surface area (Å²) in [6, 6.07) is -0.269. The summed E-state index contributed by atoms with van der Waals surface area (Å²) in [7, 11) is 0. The Bertz CT molecular complexity index is 120. The van der Waals surface area contributed by atoms with Crippen LogP contribution in [-0.4, -0.2) is 30.2 Å². The first-order chi connectivity index (χ1) is 5.72. The topological polar surface area (TPSA) is 75.4 Å². The van der Waals surface area contributed by atoms with E-state index in [2.05, 4.69) is 12.2 Å². The number of hydrogen-bond donors (Lipinski definition) is 3. The van der Waals surface area contributed by atoms with Gasteiger partial charge < -0.3 is 16.2 Å². The standard InChI is InChI=1S/C5H9NO2.C3H9N/c7-5(8)4-2-1-3-6-4;1-2-3-4/h4,6H,1-3H2,(H,7,8);2-4H2,1H3/t4-;/m0./s1. The van der Waals surface area contributed by atoms with Gasteiger partial charge in [-0.15, -0.1) is 0 Å². The summed E-state index contributed by atoms with van der Waals surface area (Å²) in [6.45, 7) is 3.73. The van der Waals surface area contributed by atoms with Crippen LogP contribution in [0.3, 0.4) is 0 Å². The number of hydrogen-bond acceptors (Lipinski definition) is 3. The molecule has 1 aliphatic rings. The lowest BCUT2D eigenvalue weighted by atomic mass is 10.2. The van der Waals surface area contributed by atoms with E-state index in [0.717, 1.165) is 32.4 Å². The fourth-order valence-corrected chi connectivity index (χ4v) is 0.895. The second-order valence-corrected chi connectivity index (χ2v) is 2.78. The van der Waals surface area contributed by atoms with Gasteiger partial charge in [-0.2, -0.15) is 0 Å². The van der Waals surface area contributed by atoms with Gasteiger partial charge in [0.05, 0.1) is 0 Å². The van der Waals surface area contributed by atoms with Crippen molar-refractivity contribution < 1.29 is 9.90 Å². The van der Waals surface area contributed by atoms with Crippen molar-refractivity contribution in [3.05, 3.63) is 0 Å². The zero-order valence-corrected chi connectivity index (χ0v) is 7.55. The summed E-state index contributed by atoms with van der Waals surface area (Å²) in [4.78, 5) is 10.1. The highest BCUT2D eigenvalue weighted by molar-refractivity contribution is 5.73. The quantitative estimate of drug-likeness (QED) is 0.558. The van der Waals surface area contributed by atoms with Crippen molar-refractivity contribution in [2.24, 2.45) is 5.73 Å². The van der Waals surface area contributed by atoms with E-state index >= 15 is 0 Å². The molecule has 4 heteroatoms. The zero-order chi connectivity index (χ0) is 9.40. The molecule has 12 heavy (non-hydrogen) atoms. The van der Waals surface area contributed by atoms with Crippen LogP contribution >= 0.6 is 0 Å². The number of carboxylic acids is 1. The number of nitrogens with two attached hydrogens (primary N) is 1. The predicted molar refractivity (Wildman–Crippen MR) is 48.0 cm³/mol. The van der Waals surface area contributed by atoms with Gasteiger partial charge in [0.2, 0.25) is 0 Å². The Balaban J connectivity index is 0.000000261. The van der Waals surface area contributed by atoms with Gasteiger partial charge in [-0.25, -0.2) is 0 Å². The zero-order valence-electron chi connectivity index (χ0n) is 7.55. The van der Waals surface area contributed by atoms with Gasteiger partial charge in [-0.05, 0) is 32.4 Å². The highest BCUT2D eigenvalue weighted by Crippen LogP contribution is 2.03. The van der Waals surface area contributed by atoms with E-state index in [1.807, 2.05) is 0 Å². The molecule has 1 rings (SSSR count). The third-order valence-corrected chi connectivity index (χ3v) is 1.65. The number of rotatable bonds is 2. The van der Waals surface area contributed by atoms with E-state index in [9.17, 15) is 4.79 Å². The van der Waals surface area contributed by atoms with Gasteiger partial charge in [0, 0.05) is 0 Å². The summed E-state index contributed by atoms with van der Waals surface area (Å²) in [5, 5.41) is 11.2. The Hall–Kier alpha value is -0.610. The SMILES string of the molecule is CCCN.O=C(O)[C@@H]1CCCN1. The molecule has 0 aromatic carbocycles. The van der Waals surface area contributed by atoms with Crippen molar-refractivity contribution in [2.75, 3.05) is 13.1 Å². The van der Waals surface area contributed by atoms with Crippen LogP contribution in [0.15, 0.2) is 0 Å². The highest BCUT2D eigenvalue weighted by Gasteiger charge is 2.20. The fourth-order valence-electron chi connectivity index (χ4n) is 0.895. The number of carboxylic acid groups (broad SMARTS) is 1. The number of nitrogens with one attached hydrogen (secondary N) is 1. The molecule has 4 nitrogen and oxygen atoms in total.